The third kappa shape index (κ3) is 21.8. The van der Waals surface area contributed by atoms with E-state index in [1.807, 2.05) is 24.8 Å². The topological polar surface area (TPSA) is 25.8 Å². The van der Waals surface area contributed by atoms with Crippen LogP contribution in [0, 0.1) is 0 Å². The molecule has 0 saturated heterocycles. The van der Waals surface area contributed by atoms with E-state index in [4.69, 9.17) is 0 Å². The second-order valence-electron chi connectivity index (χ2n) is 30.1. The Balaban J connectivity index is 0.000000437. The van der Waals surface area contributed by atoms with E-state index in [2.05, 4.69) is 303 Å². The van der Waals surface area contributed by atoms with Crippen molar-refractivity contribution in [2.45, 2.75) is 262 Å². The Labute approximate surface area is 435 Å². The third-order valence-corrected chi connectivity index (χ3v) is 12.7. The Bertz CT molecular complexity index is 2020. The molecule has 2 nitrogen and oxygen atoms in total. The van der Waals surface area contributed by atoms with Gasteiger partial charge in [0.25, 0.3) is 0 Å². The molecule has 0 atom stereocenters. The summed E-state index contributed by atoms with van der Waals surface area (Å²) in [6, 6.07) is 31.1. The highest BCUT2D eigenvalue weighted by atomic mass is 14.6. The standard InChI is InChI=1S/3C14H22.2C13H21N/c1-13(2,3)11-7-9-12(10-8-11)14(4,5)6;1-13(2,3)11-8-7-9-12(10-11)14(4,5)6;1-13(2,3)11-9-7-8-10-12(11)14(4,5)6;1-12(2,3)10-7-11(9-14-8-10)13(4,5)6;1-12(2,3)10-7-8-14-9-11(10)13(4,5)6/h3*7-10H,1-6H3;2*7-9H,1-6H3. The highest BCUT2D eigenvalue weighted by Crippen LogP contribution is 2.35. The van der Waals surface area contributed by atoms with E-state index in [1.165, 1.54) is 55.6 Å². The first-order valence-electron chi connectivity index (χ1n) is 26.3. The maximum Gasteiger partial charge on any atom is 0.0308 e. The van der Waals surface area contributed by atoms with Crippen molar-refractivity contribution in [1.82, 2.24) is 9.97 Å². The van der Waals surface area contributed by atoms with E-state index in [0.717, 1.165) is 0 Å². The molecular weight excluding hydrogens is 845 g/mol. The average molecular weight is 954 g/mol. The zero-order valence-corrected chi connectivity index (χ0v) is 51.3. The molecule has 0 fully saturated rings. The van der Waals surface area contributed by atoms with Crippen molar-refractivity contribution in [3.05, 3.63) is 165 Å². The number of nitrogens with zero attached hydrogens (tertiary/aromatic N) is 2. The molecule has 70 heavy (non-hydrogen) atoms. The van der Waals surface area contributed by atoms with Gasteiger partial charge in [-0.25, -0.2) is 0 Å². The van der Waals surface area contributed by atoms with Crippen LogP contribution in [0.25, 0.3) is 0 Å². The summed E-state index contributed by atoms with van der Waals surface area (Å²) in [4.78, 5) is 8.54. The number of hydrogen-bond acceptors (Lipinski definition) is 2. The normalized spacial score (nSPS) is 13.0. The summed E-state index contributed by atoms with van der Waals surface area (Å²) in [7, 11) is 0. The Morgan fingerprint density at radius 2 is 0.486 bits per heavy atom. The first kappa shape index (κ1) is 64.0. The third-order valence-electron chi connectivity index (χ3n) is 12.7. The first-order chi connectivity index (χ1) is 31.1. The number of benzene rings is 3. The summed E-state index contributed by atoms with van der Waals surface area (Å²) in [5, 5.41) is 0. The monoisotopic (exact) mass is 953 g/mol. The summed E-state index contributed by atoms with van der Waals surface area (Å²) in [6.45, 7) is 67.5. The predicted molar refractivity (Wildman–Crippen MR) is 315 cm³/mol. The minimum Gasteiger partial charge on any atom is -0.264 e. The molecule has 0 amide bonds. The minimum atomic E-state index is 0.177. The van der Waals surface area contributed by atoms with Crippen molar-refractivity contribution in [2.24, 2.45) is 0 Å². The molecule has 0 aliphatic rings. The fraction of sp³-hybridized carbons (Fsp3) is 0.588. The van der Waals surface area contributed by atoms with Crippen molar-refractivity contribution >= 4 is 0 Å². The van der Waals surface area contributed by atoms with Crippen LogP contribution < -0.4 is 0 Å². The van der Waals surface area contributed by atoms with E-state index in [0.29, 0.717) is 0 Å². The van der Waals surface area contributed by atoms with E-state index in [9.17, 15) is 0 Å². The van der Waals surface area contributed by atoms with Gasteiger partial charge in [-0.2, -0.15) is 0 Å². The van der Waals surface area contributed by atoms with Crippen LogP contribution in [0.2, 0.25) is 0 Å². The molecule has 0 unspecified atom stereocenters. The van der Waals surface area contributed by atoms with Crippen molar-refractivity contribution < 1.29 is 0 Å². The molecule has 0 N–H and O–H groups in total. The van der Waals surface area contributed by atoms with Gasteiger partial charge in [-0.05, 0) is 116 Å². The summed E-state index contributed by atoms with van der Waals surface area (Å²) < 4.78 is 0. The molecule has 0 aliphatic heterocycles. The Kier molecular flexibility index (Phi) is 21.6. The average Bonchev–Trinajstić information content (AvgIpc) is 3.19. The summed E-state index contributed by atoms with van der Waals surface area (Å²) in [6.07, 6.45) is 7.82. The van der Waals surface area contributed by atoms with Crippen molar-refractivity contribution in [1.29, 1.82) is 0 Å². The smallest absolute Gasteiger partial charge is 0.0308 e. The molecule has 2 heteroatoms. The van der Waals surface area contributed by atoms with Crippen LogP contribution in [0.1, 0.15) is 263 Å². The molecular formula is C68H108N2. The SMILES string of the molecule is CC(C)(C)c1ccc(C(C)(C)C)cc1.CC(C)(C)c1cccc(C(C)(C)C)c1.CC(C)(C)c1ccccc1C(C)(C)C.CC(C)(C)c1ccncc1C(C)(C)C.CC(C)(C)c1cncc(C(C)(C)C)c1. The van der Waals surface area contributed by atoms with Gasteiger partial charge in [0.15, 0.2) is 0 Å². The first-order valence-corrected chi connectivity index (χ1v) is 26.3. The molecule has 0 spiro atoms. The lowest BCUT2D eigenvalue weighted by molar-refractivity contribution is 0.527. The minimum absolute atomic E-state index is 0.177. The number of aromatic nitrogens is 2. The fourth-order valence-electron chi connectivity index (χ4n) is 7.62. The molecule has 390 valence electrons. The van der Waals surface area contributed by atoms with Gasteiger partial charge in [0.1, 0.15) is 0 Å². The summed E-state index contributed by atoms with van der Waals surface area (Å²) in [5.74, 6) is 0. The number of hydrogen-bond donors (Lipinski definition) is 0. The zero-order chi connectivity index (χ0) is 54.9. The molecule has 5 aromatic rings. The maximum atomic E-state index is 4.32. The van der Waals surface area contributed by atoms with Gasteiger partial charge in [-0.3, -0.25) is 9.97 Å². The lowest BCUT2D eigenvalue weighted by Crippen LogP contribution is -2.22. The van der Waals surface area contributed by atoms with Crippen LogP contribution in [-0.2, 0) is 54.1 Å². The van der Waals surface area contributed by atoms with Crippen LogP contribution >= 0.6 is 0 Å². The Hall–Kier alpha value is -4.04. The lowest BCUT2D eigenvalue weighted by atomic mass is 9.75. The molecule has 0 saturated carbocycles. The Morgan fingerprint density at radius 1 is 0.214 bits per heavy atom. The molecule has 5 rings (SSSR count). The fourth-order valence-corrected chi connectivity index (χ4v) is 7.62. The highest BCUT2D eigenvalue weighted by molar-refractivity contribution is 5.38. The molecule has 0 radical (unpaired) electrons. The van der Waals surface area contributed by atoms with Gasteiger partial charge >= 0.3 is 0 Å². The lowest BCUT2D eigenvalue weighted by Gasteiger charge is -2.29. The van der Waals surface area contributed by atoms with E-state index < -0.39 is 0 Å². The van der Waals surface area contributed by atoms with Gasteiger partial charge in [-0.1, -0.05) is 287 Å². The van der Waals surface area contributed by atoms with Gasteiger partial charge in [-0.15, -0.1) is 0 Å². The van der Waals surface area contributed by atoms with Crippen molar-refractivity contribution in [3.8, 4) is 0 Å². The van der Waals surface area contributed by atoms with Crippen LogP contribution in [0.15, 0.2) is 110 Å². The van der Waals surface area contributed by atoms with Crippen LogP contribution in [0.3, 0.4) is 0 Å². The van der Waals surface area contributed by atoms with Crippen LogP contribution in [-0.4, -0.2) is 9.97 Å². The highest BCUT2D eigenvalue weighted by Gasteiger charge is 2.26. The van der Waals surface area contributed by atoms with Crippen LogP contribution in [0.4, 0.5) is 0 Å². The largest absolute Gasteiger partial charge is 0.264 e. The predicted octanol–water partition coefficient (Wildman–Crippen LogP) is 20.2. The molecule has 2 aromatic heterocycles. The second-order valence-corrected chi connectivity index (χ2v) is 30.1. The van der Waals surface area contributed by atoms with Gasteiger partial charge < -0.3 is 0 Å². The van der Waals surface area contributed by atoms with E-state index in [1.54, 1.807) is 0 Å². The summed E-state index contributed by atoms with van der Waals surface area (Å²) in [5.41, 5.74) is 16.2. The Morgan fingerprint density at radius 3 is 0.743 bits per heavy atom. The number of rotatable bonds is 0. The summed E-state index contributed by atoms with van der Waals surface area (Å²) >= 11 is 0. The molecule has 3 aromatic carbocycles. The number of pyridine rings is 2. The van der Waals surface area contributed by atoms with Crippen LogP contribution in [0.5, 0.6) is 0 Å². The maximum absolute atomic E-state index is 4.32. The molecule has 0 aliphatic carbocycles. The molecule has 2 heterocycles. The quantitative estimate of drug-likeness (QED) is 0.155. The second kappa shape index (κ2) is 23.7. The van der Waals surface area contributed by atoms with E-state index >= 15 is 0 Å². The van der Waals surface area contributed by atoms with Gasteiger partial charge in [0, 0.05) is 24.8 Å². The van der Waals surface area contributed by atoms with Crippen molar-refractivity contribution in [3.63, 3.8) is 0 Å². The van der Waals surface area contributed by atoms with Gasteiger partial charge in [0.05, 0.1) is 0 Å². The molecule has 0 bridgehead atoms. The van der Waals surface area contributed by atoms with Gasteiger partial charge in [0.2, 0.25) is 0 Å². The zero-order valence-electron chi connectivity index (χ0n) is 51.3. The van der Waals surface area contributed by atoms with Crippen molar-refractivity contribution in [2.75, 3.05) is 0 Å². The van der Waals surface area contributed by atoms with E-state index in [-0.39, 0.29) is 54.1 Å².